The first kappa shape index (κ1) is 11.6. The lowest BCUT2D eigenvalue weighted by Gasteiger charge is -1.95. The zero-order valence-electron chi connectivity index (χ0n) is 8.53. The van der Waals surface area contributed by atoms with Crippen molar-refractivity contribution in [3.05, 3.63) is 68.6 Å². The minimum absolute atomic E-state index is 1.10. The fourth-order valence-electron chi connectivity index (χ4n) is 1.34. The molecule has 0 aliphatic heterocycles. The van der Waals surface area contributed by atoms with Gasteiger partial charge in [-0.25, -0.2) is 0 Å². The predicted octanol–water partition coefficient (Wildman–Crippen LogP) is 5.38. The van der Waals surface area contributed by atoms with Crippen LogP contribution in [0.1, 0.15) is 11.1 Å². The molecule has 80 valence electrons. The van der Waals surface area contributed by atoms with Gasteiger partial charge in [-0.15, -0.1) is 0 Å². The van der Waals surface area contributed by atoms with Gasteiger partial charge in [0.15, 0.2) is 0 Å². The highest BCUT2D eigenvalue weighted by Gasteiger charge is 1.89. The van der Waals surface area contributed by atoms with Gasteiger partial charge in [-0.2, -0.15) is 0 Å². The normalized spacial score (nSPS) is 10.9. The van der Waals surface area contributed by atoms with Crippen molar-refractivity contribution in [2.45, 2.75) is 0 Å². The first-order valence-corrected chi connectivity index (χ1v) is 6.52. The second-order valence-electron chi connectivity index (χ2n) is 3.44. The summed E-state index contributed by atoms with van der Waals surface area (Å²) >= 11 is 6.84. The van der Waals surface area contributed by atoms with Gasteiger partial charge in [-0.3, -0.25) is 0 Å². The van der Waals surface area contributed by atoms with E-state index in [1.54, 1.807) is 0 Å². The van der Waals surface area contributed by atoms with Crippen LogP contribution in [0.15, 0.2) is 57.5 Å². The van der Waals surface area contributed by atoms with E-state index in [2.05, 4.69) is 68.3 Å². The van der Waals surface area contributed by atoms with Crippen molar-refractivity contribution in [3.63, 3.8) is 0 Å². The summed E-state index contributed by atoms with van der Waals surface area (Å²) in [4.78, 5) is 0. The largest absolute Gasteiger partial charge is 0.0544 e. The zero-order valence-corrected chi connectivity index (χ0v) is 11.7. The SMILES string of the molecule is Brc1ccc(/C=C\c2ccc(Br)cc2)cc1. The van der Waals surface area contributed by atoms with Gasteiger partial charge >= 0.3 is 0 Å². The Balaban J connectivity index is 2.15. The van der Waals surface area contributed by atoms with E-state index in [9.17, 15) is 0 Å². The molecule has 2 heteroatoms. The molecular weight excluding hydrogens is 328 g/mol. The number of rotatable bonds is 2. The summed E-state index contributed by atoms with van der Waals surface area (Å²) in [6.45, 7) is 0. The lowest BCUT2D eigenvalue weighted by Crippen LogP contribution is -1.73. The Hall–Kier alpha value is -0.860. The molecule has 2 aromatic rings. The van der Waals surface area contributed by atoms with Crippen LogP contribution in [-0.2, 0) is 0 Å². The predicted molar refractivity (Wildman–Crippen MR) is 77.2 cm³/mol. The highest BCUT2D eigenvalue weighted by atomic mass is 79.9. The summed E-state index contributed by atoms with van der Waals surface area (Å²) in [5.74, 6) is 0. The lowest BCUT2D eigenvalue weighted by molar-refractivity contribution is 1.60. The lowest BCUT2D eigenvalue weighted by atomic mass is 10.1. The van der Waals surface area contributed by atoms with Crippen LogP contribution in [0.2, 0.25) is 0 Å². The third-order valence-corrected chi connectivity index (χ3v) is 3.27. The van der Waals surface area contributed by atoms with Crippen LogP contribution in [0.3, 0.4) is 0 Å². The molecule has 0 aliphatic rings. The molecule has 16 heavy (non-hydrogen) atoms. The molecule has 2 aromatic carbocycles. The first-order valence-electron chi connectivity index (χ1n) is 4.93. The molecule has 0 aliphatic carbocycles. The average molecular weight is 338 g/mol. The van der Waals surface area contributed by atoms with E-state index in [1.807, 2.05) is 24.3 Å². The summed E-state index contributed by atoms with van der Waals surface area (Å²) in [7, 11) is 0. The third-order valence-electron chi connectivity index (χ3n) is 2.21. The number of hydrogen-bond acceptors (Lipinski definition) is 0. The summed E-state index contributed by atoms with van der Waals surface area (Å²) in [5, 5.41) is 0. The fourth-order valence-corrected chi connectivity index (χ4v) is 1.87. The van der Waals surface area contributed by atoms with E-state index in [1.165, 1.54) is 11.1 Å². The second kappa shape index (κ2) is 5.46. The van der Waals surface area contributed by atoms with E-state index in [4.69, 9.17) is 0 Å². The van der Waals surface area contributed by atoms with Gasteiger partial charge in [-0.1, -0.05) is 68.3 Å². The van der Waals surface area contributed by atoms with Gasteiger partial charge in [0.25, 0.3) is 0 Å². The summed E-state index contributed by atoms with van der Waals surface area (Å²) in [5.41, 5.74) is 2.40. The van der Waals surface area contributed by atoms with E-state index >= 15 is 0 Å². The summed E-state index contributed by atoms with van der Waals surface area (Å²) in [6.07, 6.45) is 4.21. The van der Waals surface area contributed by atoms with Gasteiger partial charge < -0.3 is 0 Å². The van der Waals surface area contributed by atoms with Gasteiger partial charge in [-0.05, 0) is 35.4 Å². The average Bonchev–Trinajstić information content (AvgIpc) is 2.30. The molecule has 0 saturated carbocycles. The maximum absolute atomic E-state index is 3.42. The van der Waals surface area contributed by atoms with Crippen LogP contribution in [0.25, 0.3) is 12.2 Å². The molecule has 0 spiro atoms. The molecule has 0 saturated heterocycles. The highest BCUT2D eigenvalue weighted by Crippen LogP contribution is 2.15. The number of halogens is 2. The topological polar surface area (TPSA) is 0 Å². The van der Waals surface area contributed by atoms with Crippen molar-refractivity contribution in [3.8, 4) is 0 Å². The van der Waals surface area contributed by atoms with Crippen molar-refractivity contribution in [2.24, 2.45) is 0 Å². The van der Waals surface area contributed by atoms with E-state index in [0.29, 0.717) is 0 Å². The Kier molecular flexibility index (Phi) is 3.97. The van der Waals surface area contributed by atoms with Gasteiger partial charge in [0, 0.05) is 8.95 Å². The minimum Gasteiger partial charge on any atom is -0.0544 e. The molecule has 0 radical (unpaired) electrons. The minimum atomic E-state index is 1.10. The van der Waals surface area contributed by atoms with Crippen molar-refractivity contribution >= 4 is 44.0 Å². The van der Waals surface area contributed by atoms with Crippen LogP contribution in [0, 0.1) is 0 Å². The van der Waals surface area contributed by atoms with Crippen LogP contribution in [0.5, 0.6) is 0 Å². The summed E-state index contributed by atoms with van der Waals surface area (Å²) < 4.78 is 2.21. The number of hydrogen-bond donors (Lipinski definition) is 0. The Morgan fingerprint density at radius 1 is 0.562 bits per heavy atom. The molecule has 0 fully saturated rings. The van der Waals surface area contributed by atoms with Gasteiger partial charge in [0.1, 0.15) is 0 Å². The van der Waals surface area contributed by atoms with E-state index in [0.717, 1.165) is 8.95 Å². The molecule has 0 N–H and O–H groups in total. The Bertz CT molecular complexity index is 434. The smallest absolute Gasteiger partial charge is 0.0175 e. The highest BCUT2D eigenvalue weighted by molar-refractivity contribution is 9.10. The molecule has 0 amide bonds. The van der Waals surface area contributed by atoms with Crippen LogP contribution >= 0.6 is 31.9 Å². The molecule has 0 unspecified atom stereocenters. The molecule has 2 rings (SSSR count). The molecule has 0 aromatic heterocycles. The Morgan fingerprint density at radius 2 is 0.875 bits per heavy atom. The molecule has 0 nitrogen and oxygen atoms in total. The van der Waals surface area contributed by atoms with E-state index < -0.39 is 0 Å². The molecule has 0 atom stereocenters. The summed E-state index contributed by atoms with van der Waals surface area (Å²) in [6, 6.07) is 16.5. The van der Waals surface area contributed by atoms with Gasteiger partial charge in [0.05, 0.1) is 0 Å². The van der Waals surface area contributed by atoms with Crippen LogP contribution in [-0.4, -0.2) is 0 Å². The second-order valence-corrected chi connectivity index (χ2v) is 5.27. The van der Waals surface area contributed by atoms with Crippen molar-refractivity contribution < 1.29 is 0 Å². The third kappa shape index (κ3) is 3.32. The zero-order chi connectivity index (χ0) is 11.4. The number of benzene rings is 2. The molecule has 0 bridgehead atoms. The van der Waals surface area contributed by atoms with E-state index in [-0.39, 0.29) is 0 Å². The maximum Gasteiger partial charge on any atom is 0.0175 e. The van der Waals surface area contributed by atoms with Crippen molar-refractivity contribution in [2.75, 3.05) is 0 Å². The van der Waals surface area contributed by atoms with Crippen LogP contribution in [0.4, 0.5) is 0 Å². The first-order chi connectivity index (χ1) is 7.74. The molecular formula is C14H10Br2. The van der Waals surface area contributed by atoms with Crippen LogP contribution < -0.4 is 0 Å². The Morgan fingerprint density at radius 3 is 1.19 bits per heavy atom. The monoisotopic (exact) mass is 336 g/mol. The fraction of sp³-hybridized carbons (Fsp3) is 0. The molecule has 0 heterocycles. The standard InChI is InChI=1S/C14H10Br2/c15-13-7-3-11(4-8-13)1-2-12-5-9-14(16)10-6-12/h1-10H/b2-1-. The maximum atomic E-state index is 3.42. The van der Waals surface area contributed by atoms with Crippen molar-refractivity contribution in [1.29, 1.82) is 0 Å². The van der Waals surface area contributed by atoms with Gasteiger partial charge in [0.2, 0.25) is 0 Å². The Labute approximate surface area is 112 Å². The quantitative estimate of drug-likeness (QED) is 0.645. The van der Waals surface area contributed by atoms with Crippen molar-refractivity contribution in [1.82, 2.24) is 0 Å².